The fraction of sp³-hybridized carbons (Fsp3) is 0.0667. The van der Waals surface area contributed by atoms with Gasteiger partial charge in [-0.15, -0.1) is 0 Å². The number of aryl methyl sites for hydroxylation is 1. The van der Waals surface area contributed by atoms with Crippen molar-refractivity contribution in [1.82, 2.24) is 14.6 Å². The normalized spacial score (nSPS) is 11.4. The molecule has 98 valence electrons. The van der Waals surface area contributed by atoms with Crippen LogP contribution in [-0.2, 0) is 0 Å². The van der Waals surface area contributed by atoms with Gasteiger partial charge in [-0.25, -0.2) is 0 Å². The van der Waals surface area contributed by atoms with Crippen LogP contribution in [0.2, 0.25) is 0 Å². The zero-order valence-corrected chi connectivity index (χ0v) is 11.7. The summed E-state index contributed by atoms with van der Waals surface area (Å²) in [6.45, 7) is 2.11. The number of nitrogens with one attached hydrogen (secondary N) is 1. The number of H-pyrrole nitrogens is 1. The predicted octanol–water partition coefficient (Wildman–Crippen LogP) is 3.73. The van der Waals surface area contributed by atoms with Crippen LogP contribution >= 0.6 is 11.5 Å². The fourth-order valence-electron chi connectivity index (χ4n) is 2.62. The Balaban J connectivity index is 2.07. The summed E-state index contributed by atoms with van der Waals surface area (Å²) in [5, 5.41) is 9.31. The van der Waals surface area contributed by atoms with Crippen molar-refractivity contribution < 1.29 is 0 Å². The van der Waals surface area contributed by atoms with Gasteiger partial charge in [-0.05, 0) is 53.3 Å². The van der Waals surface area contributed by atoms with Crippen molar-refractivity contribution >= 4 is 38.3 Å². The van der Waals surface area contributed by atoms with Crippen LogP contribution in [0.15, 0.2) is 36.5 Å². The van der Waals surface area contributed by atoms with Gasteiger partial charge in [-0.3, -0.25) is 5.10 Å². The maximum atomic E-state index is 5.93. The van der Waals surface area contributed by atoms with Gasteiger partial charge in [0.25, 0.3) is 0 Å². The van der Waals surface area contributed by atoms with Gasteiger partial charge in [-0.1, -0.05) is 12.1 Å². The van der Waals surface area contributed by atoms with Crippen molar-refractivity contribution in [2.24, 2.45) is 0 Å². The molecule has 0 spiro atoms. The number of fused-ring (bicyclic) bond motifs is 2. The van der Waals surface area contributed by atoms with Crippen LogP contribution in [0.5, 0.6) is 0 Å². The summed E-state index contributed by atoms with van der Waals surface area (Å²) >= 11 is 1.43. The van der Waals surface area contributed by atoms with Crippen LogP contribution in [0, 0.1) is 6.92 Å². The second-order valence-corrected chi connectivity index (χ2v) is 5.67. The first-order valence-corrected chi connectivity index (χ1v) is 7.09. The lowest BCUT2D eigenvalue weighted by atomic mass is 9.96. The molecule has 0 fully saturated rings. The highest BCUT2D eigenvalue weighted by Crippen LogP contribution is 2.35. The lowest BCUT2D eigenvalue weighted by Crippen LogP contribution is -1.87. The van der Waals surface area contributed by atoms with Gasteiger partial charge in [0.15, 0.2) is 0 Å². The van der Waals surface area contributed by atoms with E-state index in [9.17, 15) is 0 Å². The van der Waals surface area contributed by atoms with E-state index in [0.29, 0.717) is 5.82 Å². The SMILES string of the molecule is Cc1ccc2[nH]ncc2c1-c1ccc2snc(N)c2c1. The van der Waals surface area contributed by atoms with E-state index >= 15 is 0 Å². The average molecular weight is 280 g/mol. The van der Waals surface area contributed by atoms with Crippen molar-refractivity contribution in [3.05, 3.63) is 42.1 Å². The first-order chi connectivity index (χ1) is 9.74. The number of nitrogens with two attached hydrogens (primary N) is 1. The largest absolute Gasteiger partial charge is 0.382 e. The number of aromatic nitrogens is 3. The molecule has 0 aliphatic heterocycles. The molecule has 0 saturated heterocycles. The Hall–Kier alpha value is -2.40. The lowest BCUT2D eigenvalue weighted by Gasteiger charge is -2.08. The summed E-state index contributed by atoms with van der Waals surface area (Å²) in [6, 6.07) is 10.5. The minimum absolute atomic E-state index is 0.601. The van der Waals surface area contributed by atoms with Gasteiger partial charge in [0.05, 0.1) is 16.4 Å². The van der Waals surface area contributed by atoms with Gasteiger partial charge in [0.1, 0.15) is 5.82 Å². The van der Waals surface area contributed by atoms with Crippen LogP contribution in [-0.4, -0.2) is 14.6 Å². The first-order valence-electron chi connectivity index (χ1n) is 6.32. The highest BCUT2D eigenvalue weighted by Gasteiger charge is 2.11. The number of nitrogen functional groups attached to an aromatic ring is 1. The van der Waals surface area contributed by atoms with Gasteiger partial charge in [0.2, 0.25) is 0 Å². The number of benzene rings is 2. The second kappa shape index (κ2) is 4.05. The van der Waals surface area contributed by atoms with E-state index in [2.05, 4.69) is 51.8 Å². The highest BCUT2D eigenvalue weighted by atomic mass is 32.1. The Morgan fingerprint density at radius 3 is 2.95 bits per heavy atom. The van der Waals surface area contributed by atoms with Crippen molar-refractivity contribution in [1.29, 1.82) is 0 Å². The number of nitrogens with zero attached hydrogens (tertiary/aromatic N) is 2. The molecular formula is C15H12N4S. The molecule has 20 heavy (non-hydrogen) atoms. The smallest absolute Gasteiger partial charge is 0.145 e. The molecule has 3 N–H and O–H groups in total. The van der Waals surface area contributed by atoms with E-state index in [1.165, 1.54) is 22.7 Å². The summed E-state index contributed by atoms with van der Waals surface area (Å²) < 4.78 is 5.32. The molecule has 0 atom stereocenters. The monoisotopic (exact) mass is 280 g/mol. The van der Waals surface area contributed by atoms with E-state index in [4.69, 9.17) is 5.73 Å². The maximum Gasteiger partial charge on any atom is 0.145 e. The fourth-order valence-corrected chi connectivity index (χ4v) is 3.31. The summed E-state index contributed by atoms with van der Waals surface area (Å²) in [6.07, 6.45) is 1.87. The molecule has 4 nitrogen and oxygen atoms in total. The molecule has 5 heteroatoms. The Kier molecular flexibility index (Phi) is 2.31. The third-order valence-corrected chi connectivity index (χ3v) is 4.46. The molecule has 0 aliphatic carbocycles. The molecule has 2 heterocycles. The maximum absolute atomic E-state index is 5.93. The van der Waals surface area contributed by atoms with Gasteiger partial charge in [0, 0.05) is 10.8 Å². The predicted molar refractivity (Wildman–Crippen MR) is 83.9 cm³/mol. The van der Waals surface area contributed by atoms with E-state index in [0.717, 1.165) is 26.6 Å². The number of aromatic amines is 1. The number of rotatable bonds is 1. The molecule has 0 unspecified atom stereocenters. The quantitative estimate of drug-likeness (QED) is 0.558. The third kappa shape index (κ3) is 1.53. The van der Waals surface area contributed by atoms with Crippen LogP contribution in [0.25, 0.3) is 32.1 Å². The Bertz CT molecular complexity index is 936. The summed E-state index contributed by atoms with van der Waals surface area (Å²) in [4.78, 5) is 0. The van der Waals surface area contributed by atoms with Crippen molar-refractivity contribution in [2.75, 3.05) is 5.73 Å². The molecule has 2 aromatic heterocycles. The molecule has 4 aromatic rings. The molecule has 2 aromatic carbocycles. The molecule has 0 saturated carbocycles. The van der Waals surface area contributed by atoms with Crippen molar-refractivity contribution in [2.45, 2.75) is 6.92 Å². The van der Waals surface area contributed by atoms with Crippen molar-refractivity contribution in [3.8, 4) is 11.1 Å². The number of hydrogen-bond acceptors (Lipinski definition) is 4. The van der Waals surface area contributed by atoms with Gasteiger partial charge < -0.3 is 5.73 Å². The molecule has 0 aliphatic rings. The minimum atomic E-state index is 0.601. The van der Waals surface area contributed by atoms with Crippen LogP contribution in [0.3, 0.4) is 0 Å². The lowest BCUT2D eigenvalue weighted by molar-refractivity contribution is 1.12. The topological polar surface area (TPSA) is 67.6 Å². The average Bonchev–Trinajstić information content (AvgIpc) is 3.06. The number of hydrogen-bond donors (Lipinski definition) is 2. The summed E-state index contributed by atoms with van der Waals surface area (Å²) in [7, 11) is 0. The zero-order chi connectivity index (χ0) is 13.7. The molecular weight excluding hydrogens is 268 g/mol. The molecule has 0 radical (unpaired) electrons. The van der Waals surface area contributed by atoms with E-state index < -0.39 is 0 Å². The van der Waals surface area contributed by atoms with Crippen molar-refractivity contribution in [3.63, 3.8) is 0 Å². The molecule has 0 bridgehead atoms. The van der Waals surface area contributed by atoms with E-state index in [-0.39, 0.29) is 0 Å². The summed E-state index contributed by atoms with van der Waals surface area (Å²) in [5.74, 6) is 0.601. The standard InChI is InChI=1S/C15H12N4S/c1-8-2-4-12-11(7-17-18-12)14(8)9-3-5-13-10(6-9)15(16)19-20-13/h2-7H,1H3,(H2,16,19)(H,17,18). The van der Waals surface area contributed by atoms with Crippen LogP contribution < -0.4 is 5.73 Å². The highest BCUT2D eigenvalue weighted by molar-refractivity contribution is 7.13. The second-order valence-electron chi connectivity index (χ2n) is 4.87. The van der Waals surface area contributed by atoms with Gasteiger partial charge in [-0.2, -0.15) is 9.47 Å². The first kappa shape index (κ1) is 11.4. The third-order valence-electron chi connectivity index (χ3n) is 3.62. The Morgan fingerprint density at radius 2 is 2.05 bits per heavy atom. The van der Waals surface area contributed by atoms with E-state index in [1.807, 2.05) is 6.20 Å². The van der Waals surface area contributed by atoms with Crippen LogP contribution in [0.1, 0.15) is 5.56 Å². The van der Waals surface area contributed by atoms with Gasteiger partial charge >= 0.3 is 0 Å². The number of anilines is 1. The van der Waals surface area contributed by atoms with E-state index in [1.54, 1.807) is 0 Å². The molecule has 0 amide bonds. The Labute approximate surface area is 119 Å². The minimum Gasteiger partial charge on any atom is -0.382 e. The zero-order valence-electron chi connectivity index (χ0n) is 10.8. The Morgan fingerprint density at radius 1 is 1.15 bits per heavy atom. The molecule has 4 rings (SSSR count). The summed E-state index contributed by atoms with van der Waals surface area (Å²) in [5.41, 5.74) is 10.5. The van der Waals surface area contributed by atoms with Crippen LogP contribution in [0.4, 0.5) is 5.82 Å².